The third kappa shape index (κ3) is 3.98. The summed E-state index contributed by atoms with van der Waals surface area (Å²) in [5.74, 6) is 1.25. The molecule has 2 aromatic carbocycles. The molecule has 0 aromatic heterocycles. The van der Waals surface area contributed by atoms with Gasteiger partial charge < -0.3 is 9.47 Å². The van der Waals surface area contributed by atoms with Crippen LogP contribution >= 0.6 is 31.9 Å². The molecule has 2 rings (SSSR count). The van der Waals surface area contributed by atoms with Crippen molar-refractivity contribution in [2.45, 2.75) is 11.2 Å². The molecule has 2 aromatic rings. The summed E-state index contributed by atoms with van der Waals surface area (Å²) in [5, 5.41) is 0. The number of benzene rings is 2. The van der Waals surface area contributed by atoms with Gasteiger partial charge in [0.2, 0.25) is 0 Å². The minimum Gasteiger partial charge on any atom is -0.496 e. The van der Waals surface area contributed by atoms with Gasteiger partial charge in [0.15, 0.2) is 0 Å². The first-order chi connectivity index (χ1) is 10.0. The summed E-state index contributed by atoms with van der Waals surface area (Å²) in [7, 11) is 3.24. The van der Waals surface area contributed by atoms with E-state index in [1.54, 1.807) is 20.3 Å². The lowest BCUT2D eigenvalue weighted by atomic mass is 10.0. The number of hydrogen-bond acceptors (Lipinski definition) is 2. The van der Waals surface area contributed by atoms with Crippen molar-refractivity contribution in [2.75, 3.05) is 14.2 Å². The summed E-state index contributed by atoms with van der Waals surface area (Å²) in [6.07, 6.45) is 0.652. The molecule has 0 bridgehead atoms. The SMILES string of the molecule is COc1cc(C(Br)Cc2cccc(F)c2)c(OC)cc1Br. The molecule has 1 atom stereocenters. The van der Waals surface area contributed by atoms with E-state index in [0.717, 1.165) is 27.1 Å². The largest absolute Gasteiger partial charge is 0.496 e. The Morgan fingerprint density at radius 2 is 1.81 bits per heavy atom. The minimum absolute atomic E-state index is 0.00347. The van der Waals surface area contributed by atoms with E-state index in [9.17, 15) is 4.39 Å². The van der Waals surface area contributed by atoms with Crippen LogP contribution in [0, 0.1) is 5.82 Å². The lowest BCUT2D eigenvalue weighted by Crippen LogP contribution is -2.00. The molecule has 0 saturated carbocycles. The first-order valence-electron chi connectivity index (χ1n) is 6.35. The minimum atomic E-state index is -0.229. The number of methoxy groups -OCH3 is 2. The normalized spacial score (nSPS) is 12.0. The average Bonchev–Trinajstić information content (AvgIpc) is 2.46. The van der Waals surface area contributed by atoms with Crippen LogP contribution in [-0.2, 0) is 6.42 Å². The van der Waals surface area contributed by atoms with Crippen LogP contribution in [0.2, 0.25) is 0 Å². The molecule has 0 aliphatic heterocycles. The second-order valence-electron chi connectivity index (χ2n) is 4.53. The van der Waals surface area contributed by atoms with Gasteiger partial charge >= 0.3 is 0 Å². The Morgan fingerprint density at radius 1 is 1.10 bits per heavy atom. The van der Waals surface area contributed by atoms with Crippen molar-refractivity contribution < 1.29 is 13.9 Å². The van der Waals surface area contributed by atoms with E-state index in [0.29, 0.717) is 6.42 Å². The van der Waals surface area contributed by atoms with E-state index >= 15 is 0 Å². The highest BCUT2D eigenvalue weighted by Gasteiger charge is 2.17. The van der Waals surface area contributed by atoms with Gasteiger partial charge in [0.1, 0.15) is 17.3 Å². The van der Waals surface area contributed by atoms with Gasteiger partial charge in [0.25, 0.3) is 0 Å². The molecule has 21 heavy (non-hydrogen) atoms. The molecular weight excluding hydrogens is 403 g/mol. The lowest BCUT2D eigenvalue weighted by Gasteiger charge is -2.17. The van der Waals surface area contributed by atoms with Crippen LogP contribution in [0.25, 0.3) is 0 Å². The highest BCUT2D eigenvalue weighted by atomic mass is 79.9. The maximum absolute atomic E-state index is 13.3. The zero-order chi connectivity index (χ0) is 15.4. The first-order valence-corrected chi connectivity index (χ1v) is 8.06. The summed E-state index contributed by atoms with van der Waals surface area (Å²) < 4.78 is 24.8. The van der Waals surface area contributed by atoms with Crippen molar-refractivity contribution in [1.29, 1.82) is 0 Å². The molecule has 112 valence electrons. The van der Waals surface area contributed by atoms with Gasteiger partial charge in [-0.2, -0.15) is 0 Å². The highest BCUT2D eigenvalue weighted by Crippen LogP contribution is 2.40. The molecule has 0 heterocycles. The maximum Gasteiger partial charge on any atom is 0.133 e. The smallest absolute Gasteiger partial charge is 0.133 e. The Bertz CT molecular complexity index is 632. The van der Waals surface area contributed by atoms with Crippen molar-refractivity contribution in [3.8, 4) is 11.5 Å². The Balaban J connectivity index is 2.31. The number of hydrogen-bond donors (Lipinski definition) is 0. The topological polar surface area (TPSA) is 18.5 Å². The van der Waals surface area contributed by atoms with E-state index in [-0.39, 0.29) is 10.6 Å². The summed E-state index contributed by atoms with van der Waals surface area (Å²) in [4.78, 5) is -0.00347. The Kier molecular flexibility index (Phi) is 5.65. The molecule has 0 radical (unpaired) electrons. The number of ether oxygens (including phenoxy) is 2. The van der Waals surface area contributed by atoms with Gasteiger partial charge in [-0.25, -0.2) is 4.39 Å². The molecular formula is C16H15Br2FO2. The standard InChI is InChI=1S/C16H15Br2FO2/c1-20-15-9-14(18)16(21-2)8-12(15)13(17)7-10-4-3-5-11(19)6-10/h3-6,8-9,13H,7H2,1-2H3. The van der Waals surface area contributed by atoms with Crippen molar-refractivity contribution in [1.82, 2.24) is 0 Å². The van der Waals surface area contributed by atoms with Gasteiger partial charge in [0.05, 0.1) is 18.7 Å². The van der Waals surface area contributed by atoms with Gasteiger partial charge in [0, 0.05) is 10.4 Å². The molecule has 0 N–H and O–H groups in total. The zero-order valence-electron chi connectivity index (χ0n) is 11.7. The number of halogens is 3. The van der Waals surface area contributed by atoms with Crippen LogP contribution in [0.4, 0.5) is 4.39 Å². The molecule has 1 unspecified atom stereocenters. The molecule has 0 aliphatic carbocycles. The third-order valence-corrected chi connectivity index (χ3v) is 4.58. The van der Waals surface area contributed by atoms with Crippen LogP contribution < -0.4 is 9.47 Å². The fourth-order valence-electron chi connectivity index (χ4n) is 2.11. The van der Waals surface area contributed by atoms with Crippen LogP contribution in [-0.4, -0.2) is 14.2 Å². The van der Waals surface area contributed by atoms with E-state index in [4.69, 9.17) is 9.47 Å². The van der Waals surface area contributed by atoms with Crippen molar-refractivity contribution in [2.24, 2.45) is 0 Å². The predicted molar refractivity (Wildman–Crippen MR) is 89.0 cm³/mol. The number of rotatable bonds is 5. The van der Waals surface area contributed by atoms with Crippen molar-refractivity contribution in [3.05, 3.63) is 57.8 Å². The van der Waals surface area contributed by atoms with E-state index in [1.165, 1.54) is 12.1 Å². The quantitative estimate of drug-likeness (QED) is 0.615. The van der Waals surface area contributed by atoms with Crippen molar-refractivity contribution >= 4 is 31.9 Å². The van der Waals surface area contributed by atoms with Gasteiger partial charge in [-0.1, -0.05) is 28.1 Å². The maximum atomic E-state index is 13.3. The van der Waals surface area contributed by atoms with Gasteiger partial charge in [-0.05, 0) is 52.2 Å². The van der Waals surface area contributed by atoms with E-state index < -0.39 is 0 Å². The van der Waals surface area contributed by atoms with Gasteiger partial charge in [-0.15, -0.1) is 0 Å². The summed E-state index contributed by atoms with van der Waals surface area (Å²) in [6, 6.07) is 10.4. The van der Waals surface area contributed by atoms with Crippen LogP contribution in [0.3, 0.4) is 0 Å². The van der Waals surface area contributed by atoms with Gasteiger partial charge in [-0.3, -0.25) is 0 Å². The third-order valence-electron chi connectivity index (χ3n) is 3.15. The number of alkyl halides is 1. The Morgan fingerprint density at radius 3 is 2.43 bits per heavy atom. The van der Waals surface area contributed by atoms with Crippen LogP contribution in [0.5, 0.6) is 11.5 Å². The summed E-state index contributed by atoms with van der Waals surface area (Å²) in [5.41, 5.74) is 1.88. The molecule has 0 amide bonds. The Hall–Kier alpha value is -1.07. The summed E-state index contributed by atoms with van der Waals surface area (Å²) in [6.45, 7) is 0. The zero-order valence-corrected chi connectivity index (χ0v) is 14.9. The Labute approximate surface area is 140 Å². The average molecular weight is 418 g/mol. The second-order valence-corrected chi connectivity index (χ2v) is 6.49. The lowest BCUT2D eigenvalue weighted by molar-refractivity contribution is 0.396. The van der Waals surface area contributed by atoms with Crippen LogP contribution in [0.15, 0.2) is 40.9 Å². The fourth-order valence-corrected chi connectivity index (χ4v) is 3.33. The predicted octanol–water partition coefficient (Wildman–Crippen LogP) is 5.28. The van der Waals surface area contributed by atoms with Crippen LogP contribution in [0.1, 0.15) is 16.0 Å². The molecule has 0 fully saturated rings. The molecule has 5 heteroatoms. The first kappa shape index (κ1) is 16.3. The monoisotopic (exact) mass is 416 g/mol. The van der Waals surface area contributed by atoms with E-state index in [1.807, 2.05) is 18.2 Å². The molecule has 0 saturated heterocycles. The summed E-state index contributed by atoms with van der Waals surface area (Å²) >= 11 is 7.09. The van der Waals surface area contributed by atoms with Crippen molar-refractivity contribution in [3.63, 3.8) is 0 Å². The highest BCUT2D eigenvalue weighted by molar-refractivity contribution is 9.10. The molecule has 2 nitrogen and oxygen atoms in total. The van der Waals surface area contributed by atoms with E-state index in [2.05, 4.69) is 31.9 Å². The molecule has 0 spiro atoms. The molecule has 0 aliphatic rings. The second kappa shape index (κ2) is 7.27. The fraction of sp³-hybridized carbons (Fsp3) is 0.250.